The molecule has 1 rings (SSSR count). The fourth-order valence-corrected chi connectivity index (χ4v) is 2.20. The molecule has 3 N–H and O–H groups in total. The average Bonchev–Trinajstić information content (AvgIpc) is 2.63. The number of nitrogens with one attached hydrogen (secondary N) is 1. The van der Waals surface area contributed by atoms with Crippen LogP contribution in [0.15, 0.2) is 18.0 Å². The number of hydrogen-bond donors (Lipinski definition) is 2. The largest absolute Gasteiger partial charge is 0.375 e. The van der Waals surface area contributed by atoms with Crippen molar-refractivity contribution < 1.29 is 4.79 Å². The van der Waals surface area contributed by atoms with Crippen molar-refractivity contribution >= 4 is 34.1 Å². The number of carbonyl (C=O) groups excluding carboxylic acids is 1. The number of thiazole rings is 1. The average molecular weight is 257 g/mol. The van der Waals surface area contributed by atoms with Crippen LogP contribution in [0.1, 0.15) is 5.69 Å². The van der Waals surface area contributed by atoms with Crippen LogP contribution in [-0.4, -0.2) is 28.9 Å². The van der Waals surface area contributed by atoms with E-state index in [-0.39, 0.29) is 5.91 Å². The topological polar surface area (TPSA) is 68.0 Å². The summed E-state index contributed by atoms with van der Waals surface area (Å²) in [7, 11) is 0. The van der Waals surface area contributed by atoms with E-state index in [1.807, 2.05) is 6.08 Å². The fraction of sp³-hybridized carbons (Fsp3) is 0.400. The van der Waals surface area contributed by atoms with Gasteiger partial charge in [-0.2, -0.15) is 11.8 Å². The second kappa shape index (κ2) is 7.29. The number of anilines is 1. The summed E-state index contributed by atoms with van der Waals surface area (Å²) in [5.74, 6) is 1.81. The van der Waals surface area contributed by atoms with Crippen LogP contribution in [0.2, 0.25) is 0 Å². The first-order chi connectivity index (χ1) is 7.72. The van der Waals surface area contributed by atoms with Gasteiger partial charge in [0.05, 0.1) is 12.1 Å². The first-order valence-corrected chi connectivity index (χ1v) is 6.91. The van der Waals surface area contributed by atoms with E-state index in [1.165, 1.54) is 11.3 Å². The van der Waals surface area contributed by atoms with Gasteiger partial charge in [-0.1, -0.05) is 6.08 Å². The molecule has 0 aliphatic carbocycles. The van der Waals surface area contributed by atoms with Crippen molar-refractivity contribution in [2.24, 2.45) is 0 Å². The molecule has 0 aliphatic rings. The zero-order valence-electron chi connectivity index (χ0n) is 8.94. The highest BCUT2D eigenvalue weighted by molar-refractivity contribution is 7.99. The molecule has 0 radical (unpaired) electrons. The Morgan fingerprint density at radius 1 is 1.75 bits per heavy atom. The Morgan fingerprint density at radius 2 is 2.56 bits per heavy atom. The number of rotatable bonds is 7. The molecule has 88 valence electrons. The second-order valence-electron chi connectivity index (χ2n) is 3.07. The van der Waals surface area contributed by atoms with Gasteiger partial charge >= 0.3 is 0 Å². The van der Waals surface area contributed by atoms with Gasteiger partial charge in [0.25, 0.3) is 0 Å². The van der Waals surface area contributed by atoms with Gasteiger partial charge in [-0.15, -0.1) is 17.9 Å². The molecule has 1 amide bonds. The standard InChI is InChI=1S/C10H15N3OS2/c1-2-4-15-5-3-12-9(14)6-8-7-16-10(11)13-8/h2,7H,1,3-6H2,(H2,11,13)(H,12,14). The molecule has 0 aromatic carbocycles. The van der Waals surface area contributed by atoms with Crippen molar-refractivity contribution in [2.45, 2.75) is 6.42 Å². The monoisotopic (exact) mass is 257 g/mol. The maximum atomic E-state index is 11.4. The molecule has 0 saturated heterocycles. The number of nitrogens with zero attached hydrogens (tertiary/aromatic N) is 1. The first kappa shape index (κ1) is 13.1. The number of amides is 1. The molecular formula is C10H15N3OS2. The lowest BCUT2D eigenvalue weighted by atomic mass is 10.3. The summed E-state index contributed by atoms with van der Waals surface area (Å²) in [6, 6.07) is 0. The normalized spacial score (nSPS) is 10.0. The minimum Gasteiger partial charge on any atom is -0.375 e. The molecule has 16 heavy (non-hydrogen) atoms. The lowest BCUT2D eigenvalue weighted by Gasteiger charge is -2.02. The van der Waals surface area contributed by atoms with Crippen LogP contribution < -0.4 is 11.1 Å². The third-order valence-electron chi connectivity index (χ3n) is 1.72. The predicted octanol–water partition coefficient (Wildman–Crippen LogP) is 1.30. The summed E-state index contributed by atoms with van der Waals surface area (Å²) in [6.45, 7) is 4.30. The lowest BCUT2D eigenvalue weighted by molar-refractivity contribution is -0.120. The van der Waals surface area contributed by atoms with E-state index < -0.39 is 0 Å². The highest BCUT2D eigenvalue weighted by Gasteiger charge is 2.05. The number of thioether (sulfide) groups is 1. The van der Waals surface area contributed by atoms with Crippen LogP contribution in [0, 0.1) is 0 Å². The summed E-state index contributed by atoms with van der Waals surface area (Å²) >= 11 is 3.09. The van der Waals surface area contributed by atoms with Gasteiger partial charge in [0.2, 0.25) is 5.91 Å². The van der Waals surface area contributed by atoms with Gasteiger partial charge in [0, 0.05) is 23.4 Å². The summed E-state index contributed by atoms with van der Waals surface area (Å²) in [4.78, 5) is 15.5. The quantitative estimate of drug-likeness (QED) is 0.571. The molecule has 0 unspecified atom stereocenters. The Balaban J connectivity index is 2.14. The molecule has 0 aliphatic heterocycles. The van der Waals surface area contributed by atoms with Crippen molar-refractivity contribution in [3.05, 3.63) is 23.7 Å². The highest BCUT2D eigenvalue weighted by atomic mass is 32.2. The summed E-state index contributed by atoms with van der Waals surface area (Å²) in [5, 5.41) is 5.14. The Morgan fingerprint density at radius 3 is 3.19 bits per heavy atom. The molecule has 0 fully saturated rings. The van der Waals surface area contributed by atoms with Crippen LogP contribution in [0.25, 0.3) is 0 Å². The van der Waals surface area contributed by atoms with Crippen LogP contribution in [0.3, 0.4) is 0 Å². The van der Waals surface area contributed by atoms with Crippen molar-refractivity contribution in [3.63, 3.8) is 0 Å². The van der Waals surface area contributed by atoms with Gasteiger partial charge in [0.15, 0.2) is 5.13 Å². The molecule has 0 bridgehead atoms. The number of nitrogen functional groups attached to an aromatic ring is 1. The fourth-order valence-electron chi connectivity index (χ4n) is 1.06. The third-order valence-corrected chi connectivity index (χ3v) is 3.40. The Bertz CT molecular complexity index is 352. The zero-order chi connectivity index (χ0) is 11.8. The molecule has 0 saturated carbocycles. The smallest absolute Gasteiger partial charge is 0.226 e. The minimum atomic E-state index is -0.00972. The Kier molecular flexibility index (Phi) is 5.95. The summed E-state index contributed by atoms with van der Waals surface area (Å²) < 4.78 is 0. The molecule has 4 nitrogen and oxygen atoms in total. The number of carbonyl (C=O) groups is 1. The Hall–Kier alpha value is -1.01. The number of nitrogens with two attached hydrogens (primary N) is 1. The third kappa shape index (κ3) is 5.18. The highest BCUT2D eigenvalue weighted by Crippen LogP contribution is 2.11. The van der Waals surface area contributed by atoms with Crippen LogP contribution in [0.5, 0.6) is 0 Å². The van der Waals surface area contributed by atoms with Gasteiger partial charge < -0.3 is 11.1 Å². The van der Waals surface area contributed by atoms with Crippen LogP contribution in [0.4, 0.5) is 5.13 Å². The van der Waals surface area contributed by atoms with E-state index in [0.717, 1.165) is 17.2 Å². The molecule has 1 heterocycles. The van der Waals surface area contributed by atoms with Gasteiger partial charge in [0.1, 0.15) is 0 Å². The molecule has 1 aromatic heterocycles. The van der Waals surface area contributed by atoms with Crippen molar-refractivity contribution in [3.8, 4) is 0 Å². The molecule has 1 aromatic rings. The maximum Gasteiger partial charge on any atom is 0.226 e. The lowest BCUT2D eigenvalue weighted by Crippen LogP contribution is -2.27. The van der Waals surface area contributed by atoms with Crippen LogP contribution >= 0.6 is 23.1 Å². The zero-order valence-corrected chi connectivity index (χ0v) is 10.6. The van der Waals surface area contributed by atoms with E-state index in [1.54, 1.807) is 17.1 Å². The van der Waals surface area contributed by atoms with Crippen molar-refractivity contribution in [1.82, 2.24) is 10.3 Å². The minimum absolute atomic E-state index is 0.00972. The van der Waals surface area contributed by atoms with E-state index in [4.69, 9.17) is 5.73 Å². The summed E-state index contributed by atoms with van der Waals surface area (Å²) in [6.07, 6.45) is 2.16. The second-order valence-corrected chi connectivity index (χ2v) is 5.11. The van der Waals surface area contributed by atoms with Gasteiger partial charge in [-0.25, -0.2) is 4.98 Å². The maximum absolute atomic E-state index is 11.4. The SMILES string of the molecule is C=CCSCCNC(=O)Cc1csc(N)n1. The van der Waals surface area contributed by atoms with E-state index in [2.05, 4.69) is 16.9 Å². The Labute approximate surface area is 103 Å². The molecule has 0 spiro atoms. The van der Waals surface area contributed by atoms with Gasteiger partial charge in [-0.3, -0.25) is 4.79 Å². The predicted molar refractivity (Wildman–Crippen MR) is 70.8 cm³/mol. The first-order valence-electron chi connectivity index (χ1n) is 4.87. The number of aromatic nitrogens is 1. The van der Waals surface area contributed by atoms with E-state index in [9.17, 15) is 4.79 Å². The molecule has 6 heteroatoms. The van der Waals surface area contributed by atoms with E-state index >= 15 is 0 Å². The summed E-state index contributed by atoms with van der Waals surface area (Å²) in [5.41, 5.74) is 6.21. The van der Waals surface area contributed by atoms with Crippen molar-refractivity contribution in [2.75, 3.05) is 23.8 Å². The molecule has 0 atom stereocenters. The van der Waals surface area contributed by atoms with Gasteiger partial charge in [-0.05, 0) is 0 Å². The number of hydrogen-bond acceptors (Lipinski definition) is 5. The van der Waals surface area contributed by atoms with E-state index in [0.29, 0.717) is 18.1 Å². The van der Waals surface area contributed by atoms with Crippen LogP contribution in [-0.2, 0) is 11.2 Å². The molecular weight excluding hydrogens is 242 g/mol. The van der Waals surface area contributed by atoms with Crippen molar-refractivity contribution in [1.29, 1.82) is 0 Å².